The first kappa shape index (κ1) is 15.5. The molecule has 0 aromatic carbocycles. The topological polar surface area (TPSA) is 41.1 Å². The maximum Gasteiger partial charge on any atom is 0.189 e. The number of hydrogen-bond acceptors (Lipinski definition) is 5. The summed E-state index contributed by atoms with van der Waals surface area (Å²) in [4.78, 5) is 11.0. The molecule has 1 N–H and O–H groups in total. The van der Waals surface area contributed by atoms with E-state index in [0.717, 1.165) is 36.5 Å². The summed E-state index contributed by atoms with van der Waals surface area (Å²) in [5.74, 6) is 1.82. The van der Waals surface area contributed by atoms with Crippen molar-refractivity contribution in [2.24, 2.45) is 5.92 Å². The third-order valence-corrected chi connectivity index (χ3v) is 3.75. The van der Waals surface area contributed by atoms with Gasteiger partial charge in [0.25, 0.3) is 0 Å². The molecular formula is C12H21ClN4S. The number of aromatic nitrogens is 2. The van der Waals surface area contributed by atoms with E-state index >= 15 is 0 Å². The van der Waals surface area contributed by atoms with Crippen LogP contribution in [0.1, 0.15) is 12.8 Å². The number of nitrogens with zero attached hydrogens (tertiary/aromatic N) is 3. The lowest BCUT2D eigenvalue weighted by Gasteiger charge is -2.28. The minimum Gasteiger partial charge on any atom is -0.359 e. The van der Waals surface area contributed by atoms with Crippen molar-refractivity contribution in [2.45, 2.75) is 18.0 Å². The van der Waals surface area contributed by atoms with Crippen LogP contribution in [0.2, 0.25) is 0 Å². The summed E-state index contributed by atoms with van der Waals surface area (Å²) in [6, 6.07) is 1.99. The van der Waals surface area contributed by atoms with Gasteiger partial charge in [0.15, 0.2) is 5.16 Å². The molecule has 0 unspecified atom stereocenters. The lowest BCUT2D eigenvalue weighted by molar-refractivity contribution is 0.377. The molecule has 1 aliphatic rings. The lowest BCUT2D eigenvalue weighted by Crippen LogP contribution is -2.34. The van der Waals surface area contributed by atoms with E-state index in [1.165, 1.54) is 12.8 Å². The predicted octanol–water partition coefficient (Wildman–Crippen LogP) is 2.06. The number of hydrogen-bond donors (Lipinski definition) is 1. The molecule has 0 bridgehead atoms. The first-order valence-electron chi connectivity index (χ1n) is 6.08. The number of rotatable bonds is 4. The maximum absolute atomic E-state index is 4.52. The van der Waals surface area contributed by atoms with Gasteiger partial charge in [-0.05, 0) is 44.2 Å². The van der Waals surface area contributed by atoms with E-state index in [4.69, 9.17) is 0 Å². The predicted molar refractivity (Wildman–Crippen MR) is 79.9 cm³/mol. The average Bonchev–Trinajstić information content (AvgIpc) is 2.40. The van der Waals surface area contributed by atoms with Gasteiger partial charge in [0.05, 0.1) is 0 Å². The summed E-state index contributed by atoms with van der Waals surface area (Å²) in [7, 11) is 2.12. The molecule has 0 saturated carbocycles. The highest BCUT2D eigenvalue weighted by atomic mass is 35.5. The van der Waals surface area contributed by atoms with Gasteiger partial charge >= 0.3 is 0 Å². The third-order valence-electron chi connectivity index (χ3n) is 3.18. The second kappa shape index (κ2) is 7.81. The van der Waals surface area contributed by atoms with E-state index in [0.29, 0.717) is 0 Å². The van der Waals surface area contributed by atoms with Crippen LogP contribution in [0.5, 0.6) is 0 Å². The Morgan fingerprint density at radius 1 is 1.44 bits per heavy atom. The van der Waals surface area contributed by atoms with Crippen molar-refractivity contribution >= 4 is 30.0 Å². The van der Waals surface area contributed by atoms with Crippen molar-refractivity contribution in [2.75, 3.05) is 37.8 Å². The Hall–Kier alpha value is -0.520. The second-order valence-electron chi connectivity index (χ2n) is 4.48. The number of anilines is 1. The minimum atomic E-state index is 0. The van der Waals surface area contributed by atoms with Crippen molar-refractivity contribution in [3.8, 4) is 0 Å². The summed E-state index contributed by atoms with van der Waals surface area (Å²) in [6.45, 7) is 3.39. The van der Waals surface area contributed by atoms with E-state index in [-0.39, 0.29) is 12.4 Å². The van der Waals surface area contributed by atoms with Gasteiger partial charge in [0.2, 0.25) is 0 Å². The Bertz CT molecular complexity index is 358. The summed E-state index contributed by atoms with van der Waals surface area (Å²) in [6.07, 6.45) is 6.38. The molecule has 4 nitrogen and oxygen atoms in total. The summed E-state index contributed by atoms with van der Waals surface area (Å²) >= 11 is 1.59. The Morgan fingerprint density at radius 2 is 2.17 bits per heavy atom. The van der Waals surface area contributed by atoms with Gasteiger partial charge in [0.1, 0.15) is 5.82 Å². The molecule has 6 heteroatoms. The van der Waals surface area contributed by atoms with Crippen LogP contribution in [0.25, 0.3) is 0 Å². The largest absolute Gasteiger partial charge is 0.359 e. The first-order valence-corrected chi connectivity index (χ1v) is 7.31. The van der Waals surface area contributed by atoms with Gasteiger partial charge < -0.3 is 10.2 Å². The smallest absolute Gasteiger partial charge is 0.189 e. The second-order valence-corrected chi connectivity index (χ2v) is 5.25. The highest BCUT2D eigenvalue weighted by Gasteiger charge is 2.15. The quantitative estimate of drug-likeness (QED) is 0.678. The van der Waals surface area contributed by atoms with Gasteiger partial charge in [-0.15, -0.1) is 12.4 Å². The van der Waals surface area contributed by atoms with Crippen LogP contribution in [-0.2, 0) is 0 Å². The SMILES string of the molecule is CSc1nccc(N(C)CC2CCNCC2)n1.Cl. The number of piperidine rings is 1. The molecule has 0 aliphatic carbocycles. The van der Waals surface area contributed by atoms with E-state index in [1.807, 2.05) is 18.5 Å². The molecule has 1 saturated heterocycles. The van der Waals surface area contributed by atoms with Crippen LogP contribution in [-0.4, -0.2) is 42.9 Å². The molecular weight excluding hydrogens is 268 g/mol. The lowest BCUT2D eigenvalue weighted by atomic mass is 9.98. The zero-order valence-corrected chi connectivity index (χ0v) is 12.6. The van der Waals surface area contributed by atoms with Crippen LogP contribution in [0.3, 0.4) is 0 Å². The molecule has 2 heterocycles. The summed E-state index contributed by atoms with van der Waals surface area (Å²) < 4.78 is 0. The molecule has 1 aromatic heterocycles. The highest BCUT2D eigenvalue weighted by molar-refractivity contribution is 7.98. The average molecular weight is 289 g/mol. The third kappa shape index (κ3) is 4.30. The van der Waals surface area contributed by atoms with Gasteiger partial charge in [-0.2, -0.15) is 0 Å². The normalized spacial score (nSPS) is 16.1. The highest BCUT2D eigenvalue weighted by Crippen LogP contribution is 2.18. The van der Waals surface area contributed by atoms with Crippen molar-refractivity contribution in [3.63, 3.8) is 0 Å². The Labute approximate surface area is 119 Å². The molecule has 102 valence electrons. The Balaban J connectivity index is 0.00000162. The van der Waals surface area contributed by atoms with Crippen molar-refractivity contribution in [1.29, 1.82) is 0 Å². The van der Waals surface area contributed by atoms with Crippen LogP contribution in [0.4, 0.5) is 5.82 Å². The van der Waals surface area contributed by atoms with Gasteiger partial charge in [-0.3, -0.25) is 0 Å². The van der Waals surface area contributed by atoms with Gasteiger partial charge in [0, 0.05) is 19.8 Å². The molecule has 0 spiro atoms. The Morgan fingerprint density at radius 3 is 2.83 bits per heavy atom. The maximum atomic E-state index is 4.52. The fourth-order valence-corrected chi connectivity index (χ4v) is 2.54. The monoisotopic (exact) mass is 288 g/mol. The van der Waals surface area contributed by atoms with Gasteiger partial charge in [-0.1, -0.05) is 11.8 Å². The molecule has 2 rings (SSSR count). The molecule has 1 aliphatic heterocycles. The van der Waals surface area contributed by atoms with Crippen LogP contribution in [0.15, 0.2) is 17.4 Å². The molecule has 18 heavy (non-hydrogen) atoms. The minimum absolute atomic E-state index is 0. The molecule has 0 radical (unpaired) electrons. The van der Waals surface area contributed by atoms with Gasteiger partial charge in [-0.25, -0.2) is 9.97 Å². The van der Waals surface area contributed by atoms with E-state index in [9.17, 15) is 0 Å². The molecule has 0 amide bonds. The molecule has 1 aromatic rings. The van der Waals surface area contributed by atoms with Crippen molar-refractivity contribution in [1.82, 2.24) is 15.3 Å². The summed E-state index contributed by atoms with van der Waals surface area (Å²) in [5, 5.41) is 4.25. The number of nitrogens with one attached hydrogen (secondary N) is 1. The van der Waals surface area contributed by atoms with Crippen LogP contribution in [0, 0.1) is 5.92 Å². The standard InChI is InChI=1S/C12H20N4S.ClH/c1-16(9-10-3-6-13-7-4-10)11-5-8-14-12(15-11)17-2;/h5,8,10,13H,3-4,6-7,9H2,1-2H3;1H. The first-order chi connectivity index (χ1) is 8.29. The zero-order valence-electron chi connectivity index (χ0n) is 10.9. The Kier molecular flexibility index (Phi) is 6.75. The number of halogens is 1. The fraction of sp³-hybridized carbons (Fsp3) is 0.667. The van der Waals surface area contributed by atoms with Crippen LogP contribution < -0.4 is 10.2 Å². The summed E-state index contributed by atoms with van der Waals surface area (Å²) in [5.41, 5.74) is 0. The molecule has 0 atom stereocenters. The van der Waals surface area contributed by atoms with E-state index in [1.54, 1.807) is 11.8 Å². The van der Waals surface area contributed by atoms with Crippen molar-refractivity contribution < 1.29 is 0 Å². The van der Waals surface area contributed by atoms with Crippen molar-refractivity contribution in [3.05, 3.63) is 12.3 Å². The van der Waals surface area contributed by atoms with E-state index in [2.05, 4.69) is 27.2 Å². The van der Waals surface area contributed by atoms with Crippen LogP contribution >= 0.6 is 24.2 Å². The number of thioether (sulfide) groups is 1. The van der Waals surface area contributed by atoms with E-state index < -0.39 is 0 Å². The fourth-order valence-electron chi connectivity index (χ4n) is 2.19. The zero-order chi connectivity index (χ0) is 12.1. The molecule has 1 fully saturated rings.